The van der Waals surface area contributed by atoms with Gasteiger partial charge >= 0.3 is 0 Å². The minimum atomic E-state index is -1.07. The van der Waals surface area contributed by atoms with Gasteiger partial charge < -0.3 is 38.8 Å². The highest BCUT2D eigenvalue weighted by Gasteiger charge is 2.34. The number of hydrogen-bond donors (Lipinski definition) is 1. The number of hydrogen-bond acceptors (Lipinski definition) is 8. The molecule has 1 saturated heterocycles. The SMILES string of the molecule is COc1ccc(CN(C(=O)Cc2ccccc2)C(C(=O)Nc2ccc(N3CCOCC3)cc2)c2cc(OC)c(OC)c(OC)c2)cc1. The van der Waals surface area contributed by atoms with Crippen LogP contribution in [0.5, 0.6) is 23.0 Å². The van der Waals surface area contributed by atoms with E-state index >= 15 is 0 Å². The minimum absolute atomic E-state index is 0.0967. The van der Waals surface area contributed by atoms with Crippen molar-refractivity contribution in [3.63, 3.8) is 0 Å². The molecule has 2 amide bonds. The fraction of sp³-hybridized carbons (Fsp3) is 0.297. The maximum atomic E-state index is 14.5. The Balaban J connectivity index is 1.56. The second kappa shape index (κ2) is 15.9. The number of anilines is 2. The Morgan fingerprint density at radius 2 is 1.43 bits per heavy atom. The number of nitrogens with zero attached hydrogens (tertiary/aromatic N) is 2. The molecule has 1 fully saturated rings. The van der Waals surface area contributed by atoms with Gasteiger partial charge in [0.15, 0.2) is 11.5 Å². The third-order valence-electron chi connectivity index (χ3n) is 8.10. The predicted molar refractivity (Wildman–Crippen MR) is 181 cm³/mol. The highest BCUT2D eigenvalue weighted by Crippen LogP contribution is 2.41. The lowest BCUT2D eigenvalue weighted by Crippen LogP contribution is -2.41. The van der Waals surface area contributed by atoms with Crippen molar-refractivity contribution in [1.29, 1.82) is 0 Å². The standard InChI is InChI=1S/C37H41N3O7/c1-43-31-16-10-27(11-17-31)25-40(34(41)22-26-8-6-5-7-9-26)35(28-23-32(44-2)36(46-4)33(24-28)45-3)37(42)38-29-12-14-30(15-13-29)39-18-20-47-21-19-39/h5-17,23-24,35H,18-22,25H2,1-4H3,(H,38,42). The van der Waals surface area contributed by atoms with Gasteiger partial charge in [-0.05, 0) is 65.2 Å². The van der Waals surface area contributed by atoms with Crippen LogP contribution in [0.2, 0.25) is 0 Å². The van der Waals surface area contributed by atoms with Gasteiger partial charge in [0, 0.05) is 31.0 Å². The highest BCUT2D eigenvalue weighted by molar-refractivity contribution is 5.98. The molecular formula is C37H41N3O7. The lowest BCUT2D eigenvalue weighted by atomic mass is 10.00. The van der Waals surface area contributed by atoms with Gasteiger partial charge in [-0.15, -0.1) is 0 Å². The van der Waals surface area contributed by atoms with E-state index in [1.54, 1.807) is 24.1 Å². The molecule has 1 atom stereocenters. The molecule has 4 aromatic rings. The van der Waals surface area contributed by atoms with Crippen molar-refractivity contribution < 1.29 is 33.3 Å². The molecule has 1 unspecified atom stereocenters. The molecule has 4 aromatic carbocycles. The maximum absolute atomic E-state index is 14.5. The van der Waals surface area contributed by atoms with Gasteiger partial charge in [-0.3, -0.25) is 9.59 Å². The second-order valence-electron chi connectivity index (χ2n) is 11.0. The van der Waals surface area contributed by atoms with Crippen LogP contribution in [0.1, 0.15) is 22.7 Å². The number of amides is 2. The van der Waals surface area contributed by atoms with Crippen LogP contribution in [0.25, 0.3) is 0 Å². The van der Waals surface area contributed by atoms with Gasteiger partial charge in [-0.25, -0.2) is 0 Å². The van der Waals surface area contributed by atoms with Crippen molar-refractivity contribution in [2.75, 3.05) is 65.0 Å². The first kappa shape index (κ1) is 33.2. The van der Waals surface area contributed by atoms with Gasteiger partial charge in [-0.2, -0.15) is 0 Å². The molecule has 1 aliphatic heterocycles. The average molecular weight is 640 g/mol. The summed E-state index contributed by atoms with van der Waals surface area (Å²) in [6, 6.07) is 27.0. The summed E-state index contributed by atoms with van der Waals surface area (Å²) in [5.41, 5.74) is 3.81. The third-order valence-corrected chi connectivity index (χ3v) is 8.10. The van der Waals surface area contributed by atoms with Crippen LogP contribution in [0.3, 0.4) is 0 Å². The first-order valence-electron chi connectivity index (χ1n) is 15.4. The zero-order chi connectivity index (χ0) is 33.2. The highest BCUT2D eigenvalue weighted by atomic mass is 16.5. The quantitative estimate of drug-likeness (QED) is 0.205. The van der Waals surface area contributed by atoms with Gasteiger partial charge in [-0.1, -0.05) is 42.5 Å². The maximum Gasteiger partial charge on any atom is 0.251 e. The molecule has 0 aromatic heterocycles. The summed E-state index contributed by atoms with van der Waals surface area (Å²) in [6.45, 7) is 3.11. The molecule has 0 radical (unpaired) electrons. The molecule has 0 spiro atoms. The van der Waals surface area contributed by atoms with E-state index in [9.17, 15) is 9.59 Å². The summed E-state index contributed by atoms with van der Waals surface area (Å²) < 4.78 is 27.7. The van der Waals surface area contributed by atoms with Crippen molar-refractivity contribution in [3.8, 4) is 23.0 Å². The van der Waals surface area contributed by atoms with Gasteiger partial charge in [0.1, 0.15) is 11.8 Å². The molecule has 10 heteroatoms. The molecule has 5 rings (SSSR count). The normalized spacial score (nSPS) is 13.3. The summed E-state index contributed by atoms with van der Waals surface area (Å²) in [5.74, 6) is 1.19. The largest absolute Gasteiger partial charge is 0.497 e. The Hall–Kier alpha value is -5.22. The third kappa shape index (κ3) is 8.14. The molecule has 1 heterocycles. The molecule has 1 N–H and O–H groups in total. The second-order valence-corrected chi connectivity index (χ2v) is 11.0. The number of benzene rings is 4. The van der Waals surface area contributed by atoms with E-state index in [2.05, 4.69) is 10.2 Å². The molecule has 10 nitrogen and oxygen atoms in total. The summed E-state index contributed by atoms with van der Waals surface area (Å²) in [5, 5.41) is 3.07. The Kier molecular flexibility index (Phi) is 11.2. The van der Waals surface area contributed by atoms with Crippen LogP contribution in [-0.4, -0.2) is 71.5 Å². The van der Waals surface area contributed by atoms with E-state index < -0.39 is 11.9 Å². The van der Waals surface area contributed by atoms with Gasteiger partial charge in [0.2, 0.25) is 11.7 Å². The lowest BCUT2D eigenvalue weighted by molar-refractivity contribution is -0.139. The molecule has 1 aliphatic rings. The smallest absolute Gasteiger partial charge is 0.251 e. The molecular weight excluding hydrogens is 598 g/mol. The first-order chi connectivity index (χ1) is 22.9. The average Bonchev–Trinajstić information content (AvgIpc) is 3.12. The molecule has 0 bridgehead atoms. The van der Waals surface area contributed by atoms with E-state index in [0.29, 0.717) is 47.5 Å². The van der Waals surface area contributed by atoms with Crippen LogP contribution in [0.15, 0.2) is 91.0 Å². The minimum Gasteiger partial charge on any atom is -0.497 e. The van der Waals surface area contributed by atoms with Crippen LogP contribution < -0.4 is 29.2 Å². The summed E-state index contributed by atoms with van der Waals surface area (Å²) in [6.07, 6.45) is 0.0967. The fourth-order valence-electron chi connectivity index (χ4n) is 5.64. The topological polar surface area (TPSA) is 98.8 Å². The van der Waals surface area contributed by atoms with Crippen molar-refractivity contribution in [3.05, 3.63) is 108 Å². The van der Waals surface area contributed by atoms with Crippen molar-refractivity contribution >= 4 is 23.2 Å². The number of carbonyl (C=O) groups is 2. The number of methoxy groups -OCH3 is 4. The predicted octanol–water partition coefficient (Wildman–Crippen LogP) is 5.51. The van der Waals surface area contributed by atoms with E-state index in [0.717, 1.165) is 29.9 Å². The van der Waals surface area contributed by atoms with Crippen molar-refractivity contribution in [2.45, 2.75) is 19.0 Å². The Labute approximate surface area is 275 Å². The zero-order valence-electron chi connectivity index (χ0n) is 27.2. The number of nitrogens with one attached hydrogen (secondary N) is 1. The molecule has 0 aliphatic carbocycles. The van der Waals surface area contributed by atoms with Crippen LogP contribution in [0.4, 0.5) is 11.4 Å². The van der Waals surface area contributed by atoms with Crippen molar-refractivity contribution in [2.24, 2.45) is 0 Å². The number of ether oxygens (including phenoxy) is 5. The van der Waals surface area contributed by atoms with E-state index in [1.165, 1.54) is 21.3 Å². The molecule has 47 heavy (non-hydrogen) atoms. The summed E-state index contributed by atoms with van der Waals surface area (Å²) in [7, 11) is 6.15. The Bertz CT molecular complexity index is 1600. The summed E-state index contributed by atoms with van der Waals surface area (Å²) in [4.78, 5) is 32.6. The number of carbonyl (C=O) groups excluding carboxylic acids is 2. The lowest BCUT2D eigenvalue weighted by Gasteiger charge is -2.32. The van der Waals surface area contributed by atoms with Crippen LogP contribution in [0, 0.1) is 0 Å². The van der Waals surface area contributed by atoms with Crippen LogP contribution >= 0.6 is 0 Å². The fourth-order valence-corrected chi connectivity index (χ4v) is 5.64. The first-order valence-corrected chi connectivity index (χ1v) is 15.4. The van der Waals surface area contributed by atoms with Crippen molar-refractivity contribution in [1.82, 2.24) is 4.90 Å². The Morgan fingerprint density at radius 3 is 2.00 bits per heavy atom. The van der Waals surface area contributed by atoms with E-state index in [4.69, 9.17) is 23.7 Å². The molecule has 246 valence electrons. The molecule has 0 saturated carbocycles. The number of rotatable bonds is 13. The number of morpholine rings is 1. The summed E-state index contributed by atoms with van der Waals surface area (Å²) >= 11 is 0. The van der Waals surface area contributed by atoms with E-state index in [-0.39, 0.29) is 18.9 Å². The Morgan fingerprint density at radius 1 is 0.787 bits per heavy atom. The van der Waals surface area contributed by atoms with Gasteiger partial charge in [0.25, 0.3) is 5.91 Å². The van der Waals surface area contributed by atoms with E-state index in [1.807, 2.05) is 78.9 Å². The van der Waals surface area contributed by atoms with Gasteiger partial charge in [0.05, 0.1) is 48.1 Å². The monoisotopic (exact) mass is 639 g/mol. The zero-order valence-corrected chi connectivity index (χ0v) is 27.2. The van der Waals surface area contributed by atoms with Crippen LogP contribution in [-0.2, 0) is 27.3 Å².